The molecule has 0 aliphatic heterocycles. The smallest absolute Gasteiger partial charge is 0.0540 e. The average Bonchev–Trinajstić information content (AvgIpc) is 2.39. The Bertz CT molecular complexity index is 249. The molecule has 0 unspecified atom stereocenters. The summed E-state index contributed by atoms with van der Waals surface area (Å²) in [6.07, 6.45) is 8.60. The molecule has 0 spiro atoms. The van der Waals surface area contributed by atoms with Crippen LogP contribution in [0.1, 0.15) is 72.1 Å². The second kappa shape index (κ2) is 6.13. The molecule has 0 aromatic heterocycles. The molecule has 2 saturated carbocycles. The molecule has 0 atom stereocenters. The minimum Gasteiger partial charge on any atom is -0.393 e. The molecule has 2 fully saturated rings. The van der Waals surface area contributed by atoms with Gasteiger partial charge < -0.3 is 10.2 Å². The van der Waals surface area contributed by atoms with Gasteiger partial charge in [0.1, 0.15) is 0 Å². The first-order valence-corrected chi connectivity index (χ1v) is 8.30. The fourth-order valence-electron chi connectivity index (χ4n) is 4.67. The van der Waals surface area contributed by atoms with Crippen LogP contribution in [-0.2, 0) is 0 Å². The third-order valence-corrected chi connectivity index (χ3v) is 6.40. The third kappa shape index (κ3) is 3.16. The van der Waals surface area contributed by atoms with E-state index in [2.05, 4.69) is 20.8 Å². The Labute approximate surface area is 118 Å². The lowest BCUT2D eigenvalue weighted by Crippen LogP contribution is -2.44. The average molecular weight is 268 g/mol. The fraction of sp³-hybridized carbons (Fsp3) is 1.00. The largest absolute Gasteiger partial charge is 0.393 e. The van der Waals surface area contributed by atoms with Gasteiger partial charge in [-0.3, -0.25) is 0 Å². The lowest BCUT2D eigenvalue weighted by Gasteiger charge is -2.51. The van der Waals surface area contributed by atoms with Crippen LogP contribution in [0.4, 0.5) is 0 Å². The SMILES string of the molecule is CC(C)C(C)(C1CCC(O)CC1)C1CCC(O)CC1. The summed E-state index contributed by atoms with van der Waals surface area (Å²) in [4.78, 5) is 0. The summed E-state index contributed by atoms with van der Waals surface area (Å²) in [6.45, 7) is 7.23. The van der Waals surface area contributed by atoms with Gasteiger partial charge in [-0.25, -0.2) is 0 Å². The van der Waals surface area contributed by atoms with Crippen LogP contribution in [-0.4, -0.2) is 22.4 Å². The van der Waals surface area contributed by atoms with Crippen LogP contribution in [0.25, 0.3) is 0 Å². The molecule has 0 amide bonds. The van der Waals surface area contributed by atoms with Gasteiger partial charge in [0.05, 0.1) is 12.2 Å². The van der Waals surface area contributed by atoms with Gasteiger partial charge in [-0.15, -0.1) is 0 Å². The van der Waals surface area contributed by atoms with E-state index in [4.69, 9.17) is 0 Å². The number of aliphatic hydroxyl groups excluding tert-OH is 2. The molecule has 2 N–H and O–H groups in total. The van der Waals surface area contributed by atoms with Crippen molar-refractivity contribution in [3.8, 4) is 0 Å². The Hall–Kier alpha value is -0.0800. The van der Waals surface area contributed by atoms with Gasteiger partial charge in [-0.2, -0.15) is 0 Å². The molecule has 2 aliphatic carbocycles. The Morgan fingerprint density at radius 3 is 1.32 bits per heavy atom. The van der Waals surface area contributed by atoms with Crippen LogP contribution in [0.2, 0.25) is 0 Å². The van der Waals surface area contributed by atoms with Crippen molar-refractivity contribution in [1.29, 1.82) is 0 Å². The van der Waals surface area contributed by atoms with Crippen LogP contribution in [0, 0.1) is 23.2 Å². The molecular weight excluding hydrogens is 236 g/mol. The molecule has 2 aliphatic rings. The van der Waals surface area contributed by atoms with E-state index in [1.165, 1.54) is 25.7 Å². The van der Waals surface area contributed by atoms with Crippen molar-refractivity contribution in [2.24, 2.45) is 23.2 Å². The molecule has 2 nitrogen and oxygen atoms in total. The minimum atomic E-state index is -0.0548. The summed E-state index contributed by atoms with van der Waals surface area (Å²) in [6, 6.07) is 0. The zero-order valence-corrected chi connectivity index (χ0v) is 12.9. The van der Waals surface area contributed by atoms with Crippen LogP contribution < -0.4 is 0 Å². The Morgan fingerprint density at radius 1 is 0.737 bits per heavy atom. The first-order valence-electron chi connectivity index (χ1n) is 8.30. The van der Waals surface area contributed by atoms with Crippen molar-refractivity contribution in [3.63, 3.8) is 0 Å². The number of hydrogen-bond acceptors (Lipinski definition) is 2. The summed E-state index contributed by atoms with van der Waals surface area (Å²) >= 11 is 0. The van der Waals surface area contributed by atoms with E-state index in [9.17, 15) is 10.2 Å². The Morgan fingerprint density at radius 2 is 1.05 bits per heavy atom. The predicted octanol–water partition coefficient (Wildman–Crippen LogP) is 3.75. The first kappa shape index (κ1) is 15.3. The predicted molar refractivity (Wildman–Crippen MR) is 78.9 cm³/mol. The highest BCUT2D eigenvalue weighted by atomic mass is 16.3. The summed E-state index contributed by atoms with van der Waals surface area (Å²) in [7, 11) is 0. The van der Waals surface area contributed by atoms with Crippen molar-refractivity contribution >= 4 is 0 Å². The second-order valence-corrected chi connectivity index (χ2v) is 7.53. The zero-order valence-electron chi connectivity index (χ0n) is 12.9. The summed E-state index contributed by atoms with van der Waals surface area (Å²) < 4.78 is 0. The molecule has 19 heavy (non-hydrogen) atoms. The second-order valence-electron chi connectivity index (χ2n) is 7.53. The molecule has 112 valence electrons. The lowest BCUT2D eigenvalue weighted by molar-refractivity contribution is -0.0381. The minimum absolute atomic E-state index is 0.0548. The van der Waals surface area contributed by atoms with E-state index < -0.39 is 0 Å². The van der Waals surface area contributed by atoms with E-state index in [0.29, 0.717) is 11.3 Å². The van der Waals surface area contributed by atoms with Gasteiger partial charge in [-0.05, 0) is 74.5 Å². The van der Waals surface area contributed by atoms with Gasteiger partial charge in [0, 0.05) is 0 Å². The Kier molecular flexibility index (Phi) is 4.94. The normalized spacial score (nSPS) is 40.1. The molecule has 0 heterocycles. The lowest BCUT2D eigenvalue weighted by atomic mass is 9.55. The molecule has 0 radical (unpaired) electrons. The molecule has 2 heteroatoms. The van der Waals surface area contributed by atoms with Crippen molar-refractivity contribution in [1.82, 2.24) is 0 Å². The highest BCUT2D eigenvalue weighted by Gasteiger charge is 2.45. The topological polar surface area (TPSA) is 40.5 Å². The van der Waals surface area contributed by atoms with E-state index in [0.717, 1.165) is 37.5 Å². The van der Waals surface area contributed by atoms with Gasteiger partial charge in [-0.1, -0.05) is 20.8 Å². The van der Waals surface area contributed by atoms with E-state index in [1.54, 1.807) is 0 Å². The molecule has 0 bridgehead atoms. The van der Waals surface area contributed by atoms with Gasteiger partial charge in [0.15, 0.2) is 0 Å². The molecule has 0 saturated heterocycles. The fourth-order valence-corrected chi connectivity index (χ4v) is 4.67. The zero-order chi connectivity index (χ0) is 14.0. The Balaban J connectivity index is 2.08. The number of rotatable bonds is 3. The maximum absolute atomic E-state index is 9.74. The monoisotopic (exact) mass is 268 g/mol. The third-order valence-electron chi connectivity index (χ3n) is 6.40. The quantitative estimate of drug-likeness (QED) is 0.818. The number of aliphatic hydroxyl groups is 2. The van der Waals surface area contributed by atoms with Gasteiger partial charge in [0.2, 0.25) is 0 Å². The maximum Gasteiger partial charge on any atom is 0.0540 e. The van der Waals surface area contributed by atoms with Crippen molar-refractivity contribution in [3.05, 3.63) is 0 Å². The van der Waals surface area contributed by atoms with Gasteiger partial charge >= 0.3 is 0 Å². The van der Waals surface area contributed by atoms with Crippen molar-refractivity contribution in [2.75, 3.05) is 0 Å². The molecule has 0 aromatic carbocycles. The summed E-state index contributed by atoms with van der Waals surface area (Å²) in [5.41, 5.74) is 0.389. The van der Waals surface area contributed by atoms with Crippen molar-refractivity contribution in [2.45, 2.75) is 84.3 Å². The van der Waals surface area contributed by atoms with Crippen molar-refractivity contribution < 1.29 is 10.2 Å². The van der Waals surface area contributed by atoms with E-state index >= 15 is 0 Å². The van der Waals surface area contributed by atoms with Crippen LogP contribution in [0.5, 0.6) is 0 Å². The summed E-state index contributed by atoms with van der Waals surface area (Å²) in [5.74, 6) is 2.21. The molecule has 0 aromatic rings. The van der Waals surface area contributed by atoms with Crippen LogP contribution in [0.3, 0.4) is 0 Å². The summed E-state index contributed by atoms with van der Waals surface area (Å²) in [5, 5.41) is 19.5. The maximum atomic E-state index is 9.74. The van der Waals surface area contributed by atoms with Crippen LogP contribution in [0.15, 0.2) is 0 Å². The highest BCUT2D eigenvalue weighted by Crippen LogP contribution is 2.52. The van der Waals surface area contributed by atoms with Crippen LogP contribution >= 0.6 is 0 Å². The number of hydrogen-bond donors (Lipinski definition) is 2. The standard InChI is InChI=1S/C17H32O2/c1-12(2)17(3,13-4-8-15(18)9-5-13)14-6-10-16(19)11-7-14/h12-16,18-19H,4-11H2,1-3H3. The van der Waals surface area contributed by atoms with E-state index in [-0.39, 0.29) is 12.2 Å². The highest BCUT2D eigenvalue weighted by molar-refractivity contribution is 4.95. The van der Waals surface area contributed by atoms with Gasteiger partial charge in [0.25, 0.3) is 0 Å². The molecule has 2 rings (SSSR count). The molecular formula is C17H32O2. The first-order chi connectivity index (χ1) is 8.94. The van der Waals surface area contributed by atoms with E-state index in [1.807, 2.05) is 0 Å².